The number of amides is 1. The van der Waals surface area contributed by atoms with Crippen LogP contribution in [0.1, 0.15) is 25.7 Å². The van der Waals surface area contributed by atoms with E-state index in [1.165, 1.54) is 12.8 Å². The average Bonchev–Trinajstić information content (AvgIpc) is 2.97. The molecule has 0 unspecified atom stereocenters. The monoisotopic (exact) mass is 213 g/mol. The normalized spacial score (nSPS) is 15.7. The molecule has 4 heteroatoms. The topological polar surface area (TPSA) is 44.4 Å². The van der Waals surface area contributed by atoms with Crippen LogP contribution < -0.4 is 10.6 Å². The number of nitrogens with zero attached hydrogens (tertiary/aromatic N) is 1. The molecule has 4 nitrogen and oxygen atoms in total. The second-order valence-electron chi connectivity index (χ2n) is 4.52. The Kier molecular flexibility index (Phi) is 5.65. The number of nitrogens with one attached hydrogen (secondary N) is 2. The highest BCUT2D eigenvalue weighted by Gasteiger charge is 2.20. The summed E-state index contributed by atoms with van der Waals surface area (Å²) in [5.74, 6) is 0.131. The fourth-order valence-electron chi connectivity index (χ4n) is 1.37. The molecular formula is C11H23N3O. The first-order chi connectivity index (χ1) is 7.18. The third-order valence-corrected chi connectivity index (χ3v) is 2.48. The number of carbonyl (C=O) groups excluding carboxylic acids is 1. The van der Waals surface area contributed by atoms with Crippen molar-refractivity contribution < 1.29 is 4.79 Å². The molecule has 1 aliphatic carbocycles. The molecule has 0 spiro atoms. The van der Waals surface area contributed by atoms with E-state index in [1.54, 1.807) is 0 Å². The molecule has 0 aliphatic heterocycles. The van der Waals surface area contributed by atoms with Crippen LogP contribution in [0.15, 0.2) is 0 Å². The highest BCUT2D eigenvalue weighted by molar-refractivity contribution is 5.77. The van der Waals surface area contributed by atoms with Crippen molar-refractivity contribution in [2.75, 3.05) is 33.7 Å². The van der Waals surface area contributed by atoms with Crippen LogP contribution in [0.5, 0.6) is 0 Å². The van der Waals surface area contributed by atoms with Gasteiger partial charge in [-0.2, -0.15) is 0 Å². The molecule has 0 saturated heterocycles. The summed E-state index contributed by atoms with van der Waals surface area (Å²) in [5.41, 5.74) is 0. The minimum Gasteiger partial charge on any atom is -0.355 e. The zero-order valence-electron chi connectivity index (χ0n) is 9.88. The van der Waals surface area contributed by atoms with E-state index in [0.29, 0.717) is 12.6 Å². The first-order valence-electron chi connectivity index (χ1n) is 5.83. The molecule has 1 rings (SSSR count). The minimum atomic E-state index is 0.131. The van der Waals surface area contributed by atoms with E-state index in [-0.39, 0.29) is 5.91 Å². The van der Waals surface area contributed by atoms with Crippen LogP contribution in [-0.2, 0) is 4.79 Å². The lowest BCUT2D eigenvalue weighted by atomic mass is 10.3. The van der Waals surface area contributed by atoms with Crippen molar-refractivity contribution in [3.8, 4) is 0 Å². The lowest BCUT2D eigenvalue weighted by molar-refractivity contribution is -0.120. The molecule has 2 N–H and O–H groups in total. The predicted octanol–water partition coefficient (Wildman–Crippen LogP) is 0.196. The van der Waals surface area contributed by atoms with Gasteiger partial charge in [0.05, 0.1) is 6.54 Å². The SMILES string of the molecule is CN(C)CCCCNC(=O)CNC1CC1. The van der Waals surface area contributed by atoms with Gasteiger partial charge in [-0.3, -0.25) is 4.79 Å². The quantitative estimate of drug-likeness (QED) is 0.566. The molecule has 0 bridgehead atoms. The third-order valence-electron chi connectivity index (χ3n) is 2.48. The fourth-order valence-corrected chi connectivity index (χ4v) is 1.37. The molecule has 1 saturated carbocycles. The van der Waals surface area contributed by atoms with Crippen molar-refractivity contribution in [2.24, 2.45) is 0 Å². The highest BCUT2D eigenvalue weighted by atomic mass is 16.1. The Hall–Kier alpha value is -0.610. The smallest absolute Gasteiger partial charge is 0.233 e. The Morgan fingerprint density at radius 2 is 2.07 bits per heavy atom. The number of rotatable bonds is 8. The van der Waals surface area contributed by atoms with Crippen LogP contribution >= 0.6 is 0 Å². The van der Waals surface area contributed by atoms with Gasteiger partial charge >= 0.3 is 0 Å². The molecular weight excluding hydrogens is 190 g/mol. The van der Waals surface area contributed by atoms with Crippen LogP contribution in [0, 0.1) is 0 Å². The van der Waals surface area contributed by atoms with Gasteiger partial charge in [-0.05, 0) is 46.3 Å². The molecule has 0 aromatic heterocycles. The van der Waals surface area contributed by atoms with E-state index in [1.807, 2.05) is 0 Å². The molecule has 0 atom stereocenters. The maximum atomic E-state index is 11.3. The van der Waals surface area contributed by atoms with Crippen molar-refractivity contribution in [3.63, 3.8) is 0 Å². The van der Waals surface area contributed by atoms with Gasteiger partial charge in [0.25, 0.3) is 0 Å². The van der Waals surface area contributed by atoms with E-state index in [0.717, 1.165) is 25.9 Å². The summed E-state index contributed by atoms with van der Waals surface area (Å²) in [4.78, 5) is 13.5. The van der Waals surface area contributed by atoms with E-state index in [2.05, 4.69) is 29.6 Å². The summed E-state index contributed by atoms with van der Waals surface area (Å²) in [5, 5.41) is 6.11. The third kappa shape index (κ3) is 7.33. The zero-order chi connectivity index (χ0) is 11.1. The van der Waals surface area contributed by atoms with Crippen molar-refractivity contribution >= 4 is 5.91 Å². The minimum absolute atomic E-state index is 0.131. The van der Waals surface area contributed by atoms with E-state index >= 15 is 0 Å². The predicted molar refractivity (Wildman–Crippen MR) is 61.8 cm³/mol. The van der Waals surface area contributed by atoms with Crippen molar-refractivity contribution in [3.05, 3.63) is 0 Å². The summed E-state index contributed by atoms with van der Waals surface area (Å²) >= 11 is 0. The molecule has 0 radical (unpaired) electrons. The van der Waals surface area contributed by atoms with Crippen LogP contribution in [0.25, 0.3) is 0 Å². The molecule has 1 amide bonds. The first kappa shape index (κ1) is 12.5. The van der Waals surface area contributed by atoms with Gasteiger partial charge in [-0.25, -0.2) is 0 Å². The Morgan fingerprint density at radius 1 is 1.33 bits per heavy atom. The number of unbranched alkanes of at least 4 members (excludes halogenated alkanes) is 1. The standard InChI is InChI=1S/C11H23N3O/c1-14(2)8-4-3-7-12-11(15)9-13-10-5-6-10/h10,13H,3-9H2,1-2H3,(H,12,15). The summed E-state index contributed by atoms with van der Waals surface area (Å²) in [6.07, 6.45) is 4.67. The highest BCUT2D eigenvalue weighted by Crippen LogP contribution is 2.17. The summed E-state index contributed by atoms with van der Waals surface area (Å²) < 4.78 is 0. The zero-order valence-corrected chi connectivity index (χ0v) is 9.88. The second-order valence-corrected chi connectivity index (χ2v) is 4.52. The number of hydrogen-bond donors (Lipinski definition) is 2. The van der Waals surface area contributed by atoms with Gasteiger partial charge in [0.1, 0.15) is 0 Å². The van der Waals surface area contributed by atoms with E-state index in [4.69, 9.17) is 0 Å². The molecule has 0 heterocycles. The first-order valence-corrected chi connectivity index (χ1v) is 5.83. The summed E-state index contributed by atoms with van der Waals surface area (Å²) in [7, 11) is 4.14. The van der Waals surface area contributed by atoms with Gasteiger partial charge in [0.2, 0.25) is 5.91 Å². The summed E-state index contributed by atoms with van der Waals surface area (Å²) in [6.45, 7) is 2.38. The molecule has 15 heavy (non-hydrogen) atoms. The molecule has 1 fully saturated rings. The Labute approximate surface area is 92.4 Å². The molecule has 88 valence electrons. The van der Waals surface area contributed by atoms with Crippen molar-refractivity contribution in [2.45, 2.75) is 31.7 Å². The Balaban J connectivity index is 1.83. The van der Waals surface area contributed by atoms with Gasteiger partial charge in [-0.15, -0.1) is 0 Å². The van der Waals surface area contributed by atoms with E-state index in [9.17, 15) is 4.79 Å². The van der Waals surface area contributed by atoms with Gasteiger partial charge < -0.3 is 15.5 Å². The fraction of sp³-hybridized carbons (Fsp3) is 0.909. The molecule has 1 aliphatic rings. The molecule has 0 aromatic carbocycles. The van der Waals surface area contributed by atoms with E-state index < -0.39 is 0 Å². The lowest BCUT2D eigenvalue weighted by Gasteiger charge is -2.09. The van der Waals surface area contributed by atoms with Crippen LogP contribution in [-0.4, -0.2) is 50.6 Å². The Bertz CT molecular complexity index is 190. The lowest BCUT2D eigenvalue weighted by Crippen LogP contribution is -2.35. The number of carbonyl (C=O) groups is 1. The van der Waals surface area contributed by atoms with Crippen molar-refractivity contribution in [1.82, 2.24) is 15.5 Å². The van der Waals surface area contributed by atoms with Crippen molar-refractivity contribution in [1.29, 1.82) is 0 Å². The maximum Gasteiger partial charge on any atom is 0.233 e. The second kappa shape index (κ2) is 6.80. The Morgan fingerprint density at radius 3 is 2.67 bits per heavy atom. The largest absolute Gasteiger partial charge is 0.355 e. The van der Waals surface area contributed by atoms with Crippen LogP contribution in [0.4, 0.5) is 0 Å². The maximum absolute atomic E-state index is 11.3. The number of hydrogen-bond acceptors (Lipinski definition) is 3. The average molecular weight is 213 g/mol. The summed E-state index contributed by atoms with van der Waals surface area (Å²) in [6, 6.07) is 0.615. The molecule has 0 aromatic rings. The van der Waals surface area contributed by atoms with Gasteiger partial charge in [0.15, 0.2) is 0 Å². The van der Waals surface area contributed by atoms with Gasteiger partial charge in [-0.1, -0.05) is 0 Å². The van der Waals surface area contributed by atoms with Crippen LogP contribution in [0.2, 0.25) is 0 Å². The van der Waals surface area contributed by atoms with Gasteiger partial charge in [0, 0.05) is 12.6 Å². The van der Waals surface area contributed by atoms with Crippen LogP contribution in [0.3, 0.4) is 0 Å².